The number of hydrogen-bond donors (Lipinski definition) is 2. The second kappa shape index (κ2) is 8.98. The molecule has 2 rings (SSSR count). The second-order valence-corrected chi connectivity index (χ2v) is 6.73. The van der Waals surface area contributed by atoms with Crippen molar-refractivity contribution in [2.75, 3.05) is 20.6 Å². The quantitative estimate of drug-likeness (QED) is 0.820. The lowest BCUT2D eigenvalue weighted by molar-refractivity contribution is -0.120. The van der Waals surface area contributed by atoms with Gasteiger partial charge in [-0.05, 0) is 43.7 Å². The lowest BCUT2D eigenvalue weighted by atomic mass is 10.1. The van der Waals surface area contributed by atoms with Crippen LogP contribution < -0.4 is 10.6 Å². The van der Waals surface area contributed by atoms with Crippen molar-refractivity contribution >= 4 is 17.7 Å². The van der Waals surface area contributed by atoms with E-state index in [4.69, 9.17) is 0 Å². The minimum atomic E-state index is -0.277. The molecule has 0 heterocycles. The molecule has 0 aliphatic heterocycles. The van der Waals surface area contributed by atoms with Crippen LogP contribution in [0.25, 0.3) is 0 Å². The fraction of sp³-hybridized carbons (Fsp3) is 0.286. The zero-order valence-corrected chi connectivity index (χ0v) is 16.1. The predicted octanol–water partition coefficient (Wildman–Crippen LogP) is 2.05. The molecular weight excluding hydrogens is 342 g/mol. The smallest absolute Gasteiger partial charge is 0.253 e. The van der Waals surface area contributed by atoms with Crippen LogP contribution in [0, 0.1) is 13.8 Å². The van der Waals surface area contributed by atoms with Crippen molar-refractivity contribution in [1.29, 1.82) is 0 Å². The summed E-state index contributed by atoms with van der Waals surface area (Å²) in [6.07, 6.45) is 0. The van der Waals surface area contributed by atoms with E-state index in [0.29, 0.717) is 17.7 Å². The summed E-state index contributed by atoms with van der Waals surface area (Å²) in [7, 11) is 3.39. The summed E-state index contributed by atoms with van der Waals surface area (Å²) < 4.78 is 0. The maximum Gasteiger partial charge on any atom is 0.253 e. The summed E-state index contributed by atoms with van der Waals surface area (Å²) >= 11 is 0. The first-order valence-electron chi connectivity index (χ1n) is 8.70. The molecule has 0 spiro atoms. The van der Waals surface area contributed by atoms with Crippen molar-refractivity contribution < 1.29 is 14.4 Å². The Morgan fingerprint density at radius 3 is 2.00 bits per heavy atom. The summed E-state index contributed by atoms with van der Waals surface area (Å²) in [4.78, 5) is 37.5. The molecule has 0 atom stereocenters. The van der Waals surface area contributed by atoms with E-state index in [2.05, 4.69) is 10.6 Å². The fourth-order valence-electron chi connectivity index (χ4n) is 2.65. The zero-order chi connectivity index (χ0) is 20.0. The van der Waals surface area contributed by atoms with Gasteiger partial charge in [0.2, 0.25) is 5.91 Å². The molecule has 0 aromatic heterocycles. The molecule has 0 unspecified atom stereocenters. The Morgan fingerprint density at radius 2 is 1.44 bits per heavy atom. The Morgan fingerprint density at radius 1 is 0.852 bits per heavy atom. The summed E-state index contributed by atoms with van der Waals surface area (Å²) in [5.41, 5.74) is 4.01. The van der Waals surface area contributed by atoms with Crippen LogP contribution in [-0.2, 0) is 11.3 Å². The highest BCUT2D eigenvalue weighted by atomic mass is 16.2. The first kappa shape index (κ1) is 20.2. The highest BCUT2D eigenvalue weighted by Gasteiger charge is 2.10. The molecule has 27 heavy (non-hydrogen) atoms. The van der Waals surface area contributed by atoms with Gasteiger partial charge in [0.05, 0.1) is 6.54 Å². The number of nitrogens with zero attached hydrogens (tertiary/aromatic N) is 1. The standard InChI is InChI=1S/C21H25N3O3/c1-14-9-15(2)11-18(10-14)20(26)23-13-19(25)22-12-16-5-7-17(8-6-16)21(27)24(3)4/h5-11H,12-13H2,1-4H3,(H,22,25)(H,23,26). The van der Waals surface area contributed by atoms with Gasteiger partial charge in [-0.3, -0.25) is 14.4 Å². The van der Waals surface area contributed by atoms with Crippen LogP contribution in [0.5, 0.6) is 0 Å². The third kappa shape index (κ3) is 5.95. The van der Waals surface area contributed by atoms with Crippen LogP contribution in [0.1, 0.15) is 37.4 Å². The van der Waals surface area contributed by atoms with Crippen LogP contribution in [0.15, 0.2) is 42.5 Å². The monoisotopic (exact) mass is 367 g/mol. The molecule has 2 aromatic rings. The van der Waals surface area contributed by atoms with Gasteiger partial charge in [-0.2, -0.15) is 0 Å². The van der Waals surface area contributed by atoms with E-state index in [1.54, 1.807) is 50.5 Å². The van der Waals surface area contributed by atoms with Crippen LogP contribution in [0.4, 0.5) is 0 Å². The van der Waals surface area contributed by atoms with Crippen LogP contribution in [-0.4, -0.2) is 43.3 Å². The Hall–Kier alpha value is -3.15. The summed E-state index contributed by atoms with van der Waals surface area (Å²) in [6.45, 7) is 4.08. The van der Waals surface area contributed by atoms with E-state index < -0.39 is 0 Å². The topological polar surface area (TPSA) is 78.5 Å². The number of nitrogens with one attached hydrogen (secondary N) is 2. The van der Waals surface area contributed by atoms with Crippen molar-refractivity contribution in [1.82, 2.24) is 15.5 Å². The van der Waals surface area contributed by atoms with Gasteiger partial charge in [-0.15, -0.1) is 0 Å². The Kier molecular flexibility index (Phi) is 6.71. The summed E-state index contributed by atoms with van der Waals surface area (Å²) in [5, 5.41) is 5.38. The number of carbonyl (C=O) groups excluding carboxylic acids is 3. The van der Waals surface area contributed by atoms with E-state index in [9.17, 15) is 14.4 Å². The molecule has 2 N–H and O–H groups in total. The second-order valence-electron chi connectivity index (χ2n) is 6.73. The van der Waals surface area contributed by atoms with Crippen molar-refractivity contribution in [3.8, 4) is 0 Å². The minimum absolute atomic E-state index is 0.0697. The lowest BCUT2D eigenvalue weighted by Crippen LogP contribution is -2.36. The lowest BCUT2D eigenvalue weighted by Gasteiger charge is -2.11. The van der Waals surface area contributed by atoms with Crippen LogP contribution in [0.3, 0.4) is 0 Å². The van der Waals surface area contributed by atoms with Crippen molar-refractivity contribution in [2.24, 2.45) is 0 Å². The Labute approximate surface area is 159 Å². The van der Waals surface area contributed by atoms with Gasteiger partial charge in [0.1, 0.15) is 0 Å². The van der Waals surface area contributed by atoms with Gasteiger partial charge >= 0.3 is 0 Å². The van der Waals surface area contributed by atoms with Gasteiger partial charge in [0.25, 0.3) is 11.8 Å². The van der Waals surface area contributed by atoms with Crippen molar-refractivity contribution in [3.63, 3.8) is 0 Å². The number of hydrogen-bond acceptors (Lipinski definition) is 3. The minimum Gasteiger partial charge on any atom is -0.350 e. The average molecular weight is 367 g/mol. The summed E-state index contributed by atoms with van der Waals surface area (Å²) in [6, 6.07) is 12.6. The molecule has 3 amide bonds. The van der Waals surface area contributed by atoms with Crippen molar-refractivity contribution in [2.45, 2.75) is 20.4 Å². The number of rotatable bonds is 6. The molecule has 2 aromatic carbocycles. The Bertz CT molecular complexity index is 822. The van der Waals surface area contributed by atoms with Gasteiger partial charge in [0.15, 0.2) is 0 Å². The maximum atomic E-state index is 12.2. The van der Waals surface area contributed by atoms with E-state index in [-0.39, 0.29) is 24.3 Å². The molecule has 0 saturated heterocycles. The predicted molar refractivity (Wildman–Crippen MR) is 105 cm³/mol. The molecule has 0 bridgehead atoms. The van der Waals surface area contributed by atoms with E-state index in [1.165, 1.54) is 4.90 Å². The largest absolute Gasteiger partial charge is 0.350 e. The SMILES string of the molecule is Cc1cc(C)cc(C(=O)NCC(=O)NCc2ccc(C(=O)N(C)C)cc2)c1. The van der Waals surface area contributed by atoms with E-state index in [1.807, 2.05) is 19.9 Å². The normalized spacial score (nSPS) is 10.2. The maximum absolute atomic E-state index is 12.2. The molecule has 0 aliphatic rings. The van der Waals surface area contributed by atoms with Gasteiger partial charge in [-0.25, -0.2) is 0 Å². The average Bonchev–Trinajstić information content (AvgIpc) is 2.63. The first-order valence-corrected chi connectivity index (χ1v) is 8.70. The molecule has 6 nitrogen and oxygen atoms in total. The molecule has 0 radical (unpaired) electrons. The number of aryl methyl sites for hydroxylation is 2. The zero-order valence-electron chi connectivity index (χ0n) is 16.1. The number of amides is 3. The molecule has 0 aliphatic carbocycles. The van der Waals surface area contributed by atoms with Crippen molar-refractivity contribution in [3.05, 3.63) is 70.3 Å². The molecular formula is C21H25N3O3. The van der Waals surface area contributed by atoms with Gasteiger partial charge < -0.3 is 15.5 Å². The van der Waals surface area contributed by atoms with Gasteiger partial charge in [0, 0.05) is 31.8 Å². The van der Waals surface area contributed by atoms with Crippen LogP contribution >= 0.6 is 0 Å². The third-order valence-electron chi connectivity index (χ3n) is 3.99. The third-order valence-corrected chi connectivity index (χ3v) is 3.99. The highest BCUT2D eigenvalue weighted by Crippen LogP contribution is 2.09. The highest BCUT2D eigenvalue weighted by molar-refractivity contribution is 5.96. The number of benzene rings is 2. The number of carbonyl (C=O) groups is 3. The molecule has 0 saturated carbocycles. The summed E-state index contributed by atoms with van der Waals surface area (Å²) in [5.74, 6) is -0.621. The molecule has 6 heteroatoms. The van der Waals surface area contributed by atoms with Gasteiger partial charge in [-0.1, -0.05) is 29.3 Å². The fourth-order valence-corrected chi connectivity index (χ4v) is 2.65. The Balaban J connectivity index is 1.82. The first-order chi connectivity index (χ1) is 12.8. The molecule has 0 fully saturated rings. The van der Waals surface area contributed by atoms with Crippen LogP contribution in [0.2, 0.25) is 0 Å². The van der Waals surface area contributed by atoms with E-state index >= 15 is 0 Å². The molecule has 142 valence electrons. The van der Waals surface area contributed by atoms with E-state index in [0.717, 1.165) is 16.7 Å².